The molecule has 2 N–H and O–H groups in total. The van der Waals surface area contributed by atoms with Gasteiger partial charge in [-0.1, -0.05) is 11.6 Å². The molecule has 0 aromatic heterocycles. The normalized spacial score (nSPS) is 9.73. The summed E-state index contributed by atoms with van der Waals surface area (Å²) in [6, 6.07) is 7.36. The number of hydrogen-bond donors (Lipinski definition) is 1. The van der Waals surface area contributed by atoms with Gasteiger partial charge in [0, 0.05) is 19.6 Å². The first-order chi connectivity index (χ1) is 7.22. The first-order valence-electron chi connectivity index (χ1n) is 4.87. The van der Waals surface area contributed by atoms with E-state index in [1.165, 1.54) is 0 Å². The van der Waals surface area contributed by atoms with Crippen molar-refractivity contribution in [2.45, 2.75) is 6.92 Å². The van der Waals surface area contributed by atoms with Gasteiger partial charge in [0.15, 0.2) is 0 Å². The summed E-state index contributed by atoms with van der Waals surface area (Å²) in [4.78, 5) is 2.09. The quantitative estimate of drug-likeness (QED) is 0.850. The van der Waals surface area contributed by atoms with Crippen LogP contribution in [0.4, 0.5) is 5.69 Å². The van der Waals surface area contributed by atoms with Gasteiger partial charge in [0.05, 0.1) is 22.3 Å². The van der Waals surface area contributed by atoms with E-state index in [2.05, 4.69) is 11.0 Å². The summed E-state index contributed by atoms with van der Waals surface area (Å²) in [5.41, 5.74) is 7.02. The third kappa shape index (κ3) is 2.85. The molecular weight excluding hydrogens is 210 g/mol. The second kappa shape index (κ2) is 5.59. The lowest BCUT2D eigenvalue weighted by Gasteiger charge is -2.23. The van der Waals surface area contributed by atoms with Crippen molar-refractivity contribution in [1.29, 1.82) is 5.26 Å². The number of nitrogens with two attached hydrogens (primary N) is 1. The van der Waals surface area contributed by atoms with Gasteiger partial charge in [-0.25, -0.2) is 0 Å². The van der Waals surface area contributed by atoms with Crippen molar-refractivity contribution in [2.75, 3.05) is 24.5 Å². The number of nitrogens with zero attached hydrogens (tertiary/aromatic N) is 2. The number of halogens is 1. The highest BCUT2D eigenvalue weighted by Gasteiger charge is 2.08. The minimum atomic E-state index is 0.576. The number of anilines is 1. The van der Waals surface area contributed by atoms with Crippen LogP contribution in [0, 0.1) is 11.3 Å². The zero-order valence-corrected chi connectivity index (χ0v) is 9.46. The molecule has 0 saturated carbocycles. The van der Waals surface area contributed by atoms with Crippen LogP contribution >= 0.6 is 11.6 Å². The van der Waals surface area contributed by atoms with Crippen LogP contribution < -0.4 is 10.6 Å². The highest BCUT2D eigenvalue weighted by atomic mass is 35.5. The van der Waals surface area contributed by atoms with Gasteiger partial charge in [0.25, 0.3) is 0 Å². The number of nitriles is 1. The molecule has 1 aromatic carbocycles. The molecule has 80 valence electrons. The van der Waals surface area contributed by atoms with Crippen molar-refractivity contribution >= 4 is 17.3 Å². The molecule has 0 aliphatic carbocycles. The van der Waals surface area contributed by atoms with Crippen molar-refractivity contribution in [1.82, 2.24) is 0 Å². The number of benzene rings is 1. The lowest BCUT2D eigenvalue weighted by atomic mass is 10.2. The highest BCUT2D eigenvalue weighted by Crippen LogP contribution is 2.26. The zero-order chi connectivity index (χ0) is 11.3. The van der Waals surface area contributed by atoms with Crippen LogP contribution in [0.2, 0.25) is 5.02 Å². The Morgan fingerprint density at radius 1 is 1.53 bits per heavy atom. The molecule has 15 heavy (non-hydrogen) atoms. The first kappa shape index (κ1) is 11.8. The maximum Gasteiger partial charge on any atom is 0.0992 e. The summed E-state index contributed by atoms with van der Waals surface area (Å²) in [6.45, 7) is 4.25. The topological polar surface area (TPSA) is 53.0 Å². The average Bonchev–Trinajstić information content (AvgIpc) is 2.26. The van der Waals surface area contributed by atoms with Gasteiger partial charge in [0.1, 0.15) is 0 Å². The van der Waals surface area contributed by atoms with E-state index in [-0.39, 0.29) is 0 Å². The predicted molar refractivity (Wildman–Crippen MR) is 63.1 cm³/mol. The molecule has 0 bridgehead atoms. The van der Waals surface area contributed by atoms with E-state index in [1.54, 1.807) is 12.1 Å². The predicted octanol–water partition coefficient (Wildman–Crippen LogP) is 2.00. The van der Waals surface area contributed by atoms with Crippen LogP contribution in [-0.2, 0) is 0 Å². The standard InChI is InChI=1S/C11H14ClN3/c1-2-15(6-5-13)11-4-3-9(8-14)7-10(11)12/h3-4,7H,2,5-6,13H2,1H3. The lowest BCUT2D eigenvalue weighted by Crippen LogP contribution is -2.29. The van der Waals surface area contributed by atoms with E-state index < -0.39 is 0 Å². The van der Waals surface area contributed by atoms with Gasteiger partial charge in [-0.2, -0.15) is 5.26 Å². The van der Waals surface area contributed by atoms with Crippen LogP contribution in [0.3, 0.4) is 0 Å². The lowest BCUT2D eigenvalue weighted by molar-refractivity contribution is 0.817. The van der Waals surface area contributed by atoms with Crippen molar-refractivity contribution in [3.8, 4) is 6.07 Å². The molecule has 1 rings (SSSR count). The molecule has 0 aliphatic heterocycles. The molecule has 0 fully saturated rings. The van der Waals surface area contributed by atoms with Crippen LogP contribution in [0.15, 0.2) is 18.2 Å². The highest BCUT2D eigenvalue weighted by molar-refractivity contribution is 6.33. The third-order valence-corrected chi connectivity index (χ3v) is 2.50. The Morgan fingerprint density at radius 3 is 2.73 bits per heavy atom. The van der Waals surface area contributed by atoms with E-state index >= 15 is 0 Å². The maximum absolute atomic E-state index is 8.71. The molecule has 0 amide bonds. The summed E-state index contributed by atoms with van der Waals surface area (Å²) in [5.74, 6) is 0. The van der Waals surface area contributed by atoms with Gasteiger partial charge < -0.3 is 10.6 Å². The maximum atomic E-state index is 8.71. The smallest absolute Gasteiger partial charge is 0.0992 e. The Labute approximate surface area is 95.1 Å². The van der Waals surface area contributed by atoms with Crippen LogP contribution in [0.5, 0.6) is 0 Å². The molecule has 4 heteroatoms. The molecule has 3 nitrogen and oxygen atoms in total. The number of hydrogen-bond acceptors (Lipinski definition) is 3. The summed E-state index contributed by atoms with van der Waals surface area (Å²) < 4.78 is 0. The van der Waals surface area contributed by atoms with Gasteiger partial charge in [-0.15, -0.1) is 0 Å². The van der Waals surface area contributed by atoms with Crippen molar-refractivity contribution < 1.29 is 0 Å². The fourth-order valence-electron chi connectivity index (χ4n) is 1.44. The molecular formula is C11H14ClN3. The Kier molecular flexibility index (Phi) is 4.41. The minimum Gasteiger partial charge on any atom is -0.369 e. The van der Waals surface area contributed by atoms with Gasteiger partial charge in [0.2, 0.25) is 0 Å². The van der Waals surface area contributed by atoms with Gasteiger partial charge >= 0.3 is 0 Å². The van der Waals surface area contributed by atoms with E-state index in [1.807, 2.05) is 13.0 Å². The van der Waals surface area contributed by atoms with Crippen molar-refractivity contribution in [3.63, 3.8) is 0 Å². The first-order valence-corrected chi connectivity index (χ1v) is 5.25. The molecule has 0 aliphatic rings. The third-order valence-electron chi connectivity index (χ3n) is 2.20. The molecule has 0 atom stereocenters. The zero-order valence-electron chi connectivity index (χ0n) is 8.70. The molecule has 0 spiro atoms. The summed E-state index contributed by atoms with van der Waals surface area (Å²) in [6.07, 6.45) is 0. The van der Waals surface area contributed by atoms with Crippen LogP contribution in [0.25, 0.3) is 0 Å². The second-order valence-corrected chi connectivity index (χ2v) is 3.55. The fourth-order valence-corrected chi connectivity index (χ4v) is 1.74. The monoisotopic (exact) mass is 223 g/mol. The van der Waals surface area contributed by atoms with Gasteiger partial charge in [-0.3, -0.25) is 0 Å². The molecule has 0 unspecified atom stereocenters. The summed E-state index contributed by atoms with van der Waals surface area (Å²) in [7, 11) is 0. The van der Waals surface area contributed by atoms with E-state index in [4.69, 9.17) is 22.6 Å². The summed E-state index contributed by atoms with van der Waals surface area (Å²) >= 11 is 6.08. The Balaban J connectivity index is 2.98. The second-order valence-electron chi connectivity index (χ2n) is 3.15. The van der Waals surface area contributed by atoms with E-state index in [0.717, 1.165) is 18.8 Å². The minimum absolute atomic E-state index is 0.576. The molecule has 0 radical (unpaired) electrons. The van der Waals surface area contributed by atoms with Gasteiger partial charge in [-0.05, 0) is 25.1 Å². The fraction of sp³-hybridized carbons (Fsp3) is 0.364. The van der Waals surface area contributed by atoms with Crippen molar-refractivity contribution in [3.05, 3.63) is 28.8 Å². The SMILES string of the molecule is CCN(CCN)c1ccc(C#N)cc1Cl. The molecule has 1 aromatic rings. The number of rotatable bonds is 4. The molecule has 0 saturated heterocycles. The van der Waals surface area contributed by atoms with E-state index in [0.29, 0.717) is 17.1 Å². The molecule has 0 heterocycles. The Hall–Kier alpha value is -1.24. The summed E-state index contributed by atoms with van der Waals surface area (Å²) in [5, 5.41) is 9.31. The van der Waals surface area contributed by atoms with Crippen molar-refractivity contribution in [2.24, 2.45) is 5.73 Å². The van der Waals surface area contributed by atoms with Crippen LogP contribution in [-0.4, -0.2) is 19.6 Å². The van der Waals surface area contributed by atoms with Crippen LogP contribution in [0.1, 0.15) is 12.5 Å². The largest absolute Gasteiger partial charge is 0.369 e. The number of likely N-dealkylation sites (N-methyl/N-ethyl adjacent to an activating group) is 1. The van der Waals surface area contributed by atoms with E-state index in [9.17, 15) is 0 Å². The average molecular weight is 224 g/mol. The Bertz CT molecular complexity index is 371. The Morgan fingerprint density at radius 2 is 2.27 bits per heavy atom.